The molecule has 0 atom stereocenters. The van der Waals surface area contributed by atoms with E-state index in [1.54, 1.807) is 0 Å². The van der Waals surface area contributed by atoms with Crippen LogP contribution in [0.2, 0.25) is 0 Å². The molecule has 13 heteroatoms. The Morgan fingerprint density at radius 1 is 1.09 bits per heavy atom. The van der Waals surface area contributed by atoms with Gasteiger partial charge in [0.25, 0.3) is 0 Å². The monoisotopic (exact) mass is 520 g/mol. The smallest absolute Gasteiger partial charge is 0.307 e. The van der Waals surface area contributed by atoms with E-state index in [9.17, 15) is 26.0 Å². The predicted octanol–water partition coefficient (Wildman–Crippen LogP) is 3.64. The molecule has 0 spiro atoms. The van der Waals surface area contributed by atoms with Gasteiger partial charge in [0.2, 0.25) is 21.7 Å². The van der Waals surface area contributed by atoms with Crippen molar-refractivity contribution < 1.29 is 35.2 Å². The number of aromatic nitrogens is 2. The molecule has 3 heterocycles. The molecule has 2 aliphatic rings. The van der Waals surface area contributed by atoms with E-state index in [1.807, 2.05) is 4.90 Å². The second kappa shape index (κ2) is 10.0. The molecular weight excluding hydrogens is 492 g/mol. The Morgan fingerprint density at radius 2 is 1.69 bits per heavy atom. The van der Waals surface area contributed by atoms with Crippen LogP contribution in [0.5, 0.6) is 5.75 Å². The molecule has 8 nitrogen and oxygen atoms in total. The minimum Gasteiger partial charge on any atom is -0.484 e. The maximum absolute atomic E-state index is 14.8. The van der Waals surface area contributed by atoms with Crippen molar-refractivity contribution in [1.29, 1.82) is 0 Å². The number of hydrogen-bond donors (Lipinski definition) is 0. The number of benzene rings is 1. The lowest BCUT2D eigenvalue weighted by molar-refractivity contribution is 0.00559. The lowest BCUT2D eigenvalue weighted by atomic mass is 9.90. The Labute approximate surface area is 201 Å². The van der Waals surface area contributed by atoms with Crippen molar-refractivity contribution in [2.24, 2.45) is 0 Å². The third-order valence-electron chi connectivity index (χ3n) is 6.45. The number of piperidine rings is 2. The minimum atomic E-state index is -3.28. The Kier molecular flexibility index (Phi) is 7.39. The summed E-state index contributed by atoms with van der Waals surface area (Å²) in [6.45, 7) is 2.53. The standard InChI is InChI=1S/C22H28F4N4O4S/c1-22(25,26)21-27-19(34-28-21)13-29-7-5-16(6-8-29)33-20-17(23)11-15(12-18(20)24)14-3-9-30(10-4-14)35(2,31)32/h11-12,14,16H,3-10,13H2,1-2H3. The van der Waals surface area contributed by atoms with Crippen molar-refractivity contribution in [3.05, 3.63) is 41.0 Å². The van der Waals surface area contributed by atoms with Gasteiger partial charge in [0.15, 0.2) is 17.4 Å². The number of rotatable bonds is 7. The summed E-state index contributed by atoms with van der Waals surface area (Å²) in [6, 6.07) is 2.54. The zero-order valence-corrected chi connectivity index (χ0v) is 20.3. The van der Waals surface area contributed by atoms with Crippen molar-refractivity contribution in [1.82, 2.24) is 19.3 Å². The first kappa shape index (κ1) is 25.8. The molecular formula is C22H28F4N4O4S. The first-order chi connectivity index (χ1) is 16.4. The Hall–Kier alpha value is -2.25. The average Bonchev–Trinajstić information content (AvgIpc) is 3.26. The largest absolute Gasteiger partial charge is 0.484 e. The highest BCUT2D eigenvalue weighted by atomic mass is 32.2. The van der Waals surface area contributed by atoms with Gasteiger partial charge >= 0.3 is 5.92 Å². The number of alkyl halides is 2. The van der Waals surface area contributed by atoms with Gasteiger partial charge in [-0.1, -0.05) is 5.16 Å². The normalized spacial score (nSPS) is 19.8. The molecule has 1 aromatic carbocycles. The van der Waals surface area contributed by atoms with Crippen molar-refractivity contribution >= 4 is 10.0 Å². The SMILES string of the molecule is CC(F)(F)c1noc(CN2CCC(Oc3c(F)cc(C4CCN(S(C)(=O)=O)CC4)cc3F)CC2)n1. The maximum atomic E-state index is 14.8. The van der Waals surface area contributed by atoms with Crippen LogP contribution in [0.25, 0.3) is 0 Å². The van der Waals surface area contributed by atoms with E-state index < -0.39 is 45.3 Å². The van der Waals surface area contributed by atoms with Crippen LogP contribution < -0.4 is 4.74 Å². The van der Waals surface area contributed by atoms with E-state index in [2.05, 4.69) is 10.1 Å². The van der Waals surface area contributed by atoms with E-state index >= 15 is 0 Å². The molecule has 2 aromatic rings. The van der Waals surface area contributed by atoms with E-state index in [0.29, 0.717) is 64.3 Å². The lowest BCUT2D eigenvalue weighted by Crippen LogP contribution is -2.38. The van der Waals surface area contributed by atoms with Crippen LogP contribution in [0.3, 0.4) is 0 Å². The zero-order valence-electron chi connectivity index (χ0n) is 19.5. The van der Waals surface area contributed by atoms with Crippen LogP contribution in [0.4, 0.5) is 17.6 Å². The van der Waals surface area contributed by atoms with E-state index in [4.69, 9.17) is 9.26 Å². The first-order valence-corrected chi connectivity index (χ1v) is 13.3. The van der Waals surface area contributed by atoms with Crippen LogP contribution in [0, 0.1) is 11.6 Å². The second-order valence-electron chi connectivity index (χ2n) is 9.24. The highest BCUT2D eigenvalue weighted by molar-refractivity contribution is 7.88. The predicted molar refractivity (Wildman–Crippen MR) is 118 cm³/mol. The van der Waals surface area contributed by atoms with Crippen LogP contribution in [0.1, 0.15) is 55.8 Å². The van der Waals surface area contributed by atoms with E-state index in [1.165, 1.54) is 16.4 Å². The summed E-state index contributed by atoms with van der Waals surface area (Å²) < 4.78 is 91.3. The zero-order chi connectivity index (χ0) is 25.4. The second-order valence-corrected chi connectivity index (χ2v) is 11.2. The fourth-order valence-electron chi connectivity index (χ4n) is 4.49. The van der Waals surface area contributed by atoms with E-state index in [-0.39, 0.29) is 18.4 Å². The Bertz CT molecular complexity index is 1120. The molecule has 0 N–H and O–H groups in total. The molecule has 0 radical (unpaired) electrons. The Balaban J connectivity index is 1.31. The number of nitrogens with zero attached hydrogens (tertiary/aromatic N) is 4. The summed E-state index contributed by atoms with van der Waals surface area (Å²) in [4.78, 5) is 5.64. The first-order valence-electron chi connectivity index (χ1n) is 11.4. The number of likely N-dealkylation sites (tertiary alicyclic amines) is 1. The molecule has 0 saturated carbocycles. The molecule has 0 unspecified atom stereocenters. The van der Waals surface area contributed by atoms with Gasteiger partial charge < -0.3 is 9.26 Å². The topological polar surface area (TPSA) is 88.8 Å². The molecule has 0 aliphatic carbocycles. The van der Waals surface area contributed by atoms with Crippen LogP contribution >= 0.6 is 0 Å². The maximum Gasteiger partial charge on any atom is 0.307 e. The number of sulfonamides is 1. The summed E-state index contributed by atoms with van der Waals surface area (Å²) in [5.41, 5.74) is 0.493. The van der Waals surface area contributed by atoms with Gasteiger partial charge in [-0.15, -0.1) is 0 Å². The number of hydrogen-bond acceptors (Lipinski definition) is 7. The molecule has 2 saturated heterocycles. The fraction of sp³-hybridized carbons (Fsp3) is 0.636. The molecule has 35 heavy (non-hydrogen) atoms. The number of halogens is 4. The summed E-state index contributed by atoms with van der Waals surface area (Å²) >= 11 is 0. The van der Waals surface area contributed by atoms with Gasteiger partial charge in [-0.3, -0.25) is 4.90 Å². The molecule has 4 rings (SSSR count). The van der Waals surface area contributed by atoms with Gasteiger partial charge in [-0.05, 0) is 49.3 Å². The minimum absolute atomic E-state index is 0.0796. The highest BCUT2D eigenvalue weighted by Crippen LogP contribution is 2.34. The summed E-state index contributed by atoms with van der Waals surface area (Å²) in [7, 11) is -3.28. The summed E-state index contributed by atoms with van der Waals surface area (Å²) in [6.07, 6.45) is 2.68. The van der Waals surface area contributed by atoms with E-state index in [0.717, 1.165) is 6.26 Å². The van der Waals surface area contributed by atoms with Gasteiger partial charge in [0, 0.05) is 33.1 Å². The number of ether oxygens (including phenoxy) is 1. The van der Waals surface area contributed by atoms with Crippen molar-refractivity contribution in [2.75, 3.05) is 32.4 Å². The van der Waals surface area contributed by atoms with Crippen LogP contribution in [-0.2, 0) is 22.5 Å². The van der Waals surface area contributed by atoms with Crippen molar-refractivity contribution in [3.63, 3.8) is 0 Å². The molecule has 2 aliphatic heterocycles. The van der Waals surface area contributed by atoms with Gasteiger partial charge in [-0.2, -0.15) is 13.8 Å². The average molecular weight is 521 g/mol. The molecule has 194 valence electrons. The van der Waals surface area contributed by atoms with Crippen LogP contribution in [0.15, 0.2) is 16.7 Å². The molecule has 0 amide bonds. The van der Waals surface area contributed by atoms with Gasteiger partial charge in [0.05, 0.1) is 12.8 Å². The van der Waals surface area contributed by atoms with Crippen LogP contribution in [-0.4, -0.2) is 66.3 Å². The quantitative estimate of drug-likeness (QED) is 0.515. The third kappa shape index (κ3) is 6.31. The third-order valence-corrected chi connectivity index (χ3v) is 7.76. The molecule has 0 bridgehead atoms. The van der Waals surface area contributed by atoms with Gasteiger partial charge in [-0.25, -0.2) is 21.5 Å². The lowest BCUT2D eigenvalue weighted by Gasteiger charge is -2.32. The van der Waals surface area contributed by atoms with Gasteiger partial charge in [0.1, 0.15) is 6.10 Å². The Morgan fingerprint density at radius 3 is 2.20 bits per heavy atom. The van der Waals surface area contributed by atoms with Crippen molar-refractivity contribution in [2.45, 2.75) is 57.1 Å². The fourth-order valence-corrected chi connectivity index (χ4v) is 5.36. The molecule has 1 aromatic heterocycles. The summed E-state index contributed by atoms with van der Waals surface area (Å²) in [5, 5.41) is 3.30. The van der Waals surface area contributed by atoms with Crippen molar-refractivity contribution in [3.8, 4) is 5.75 Å². The molecule has 2 fully saturated rings. The summed E-state index contributed by atoms with van der Waals surface area (Å²) in [5.74, 6) is -5.89. The highest BCUT2D eigenvalue weighted by Gasteiger charge is 2.32.